The molecule has 0 aliphatic heterocycles. The Labute approximate surface area is 392 Å². The van der Waals surface area contributed by atoms with E-state index in [-0.39, 0.29) is 46.2 Å². The van der Waals surface area contributed by atoms with E-state index in [1.165, 1.54) is 36.9 Å². The number of benzene rings is 2. The third-order valence-electron chi connectivity index (χ3n) is 10.2. The first-order chi connectivity index (χ1) is 32.3. The number of hydrogen-bond donors (Lipinski definition) is 4. The maximum absolute atomic E-state index is 13.1. The van der Waals surface area contributed by atoms with Gasteiger partial charge in [-0.2, -0.15) is 26.3 Å². The van der Waals surface area contributed by atoms with Crippen LogP contribution in [0.3, 0.4) is 0 Å². The van der Waals surface area contributed by atoms with E-state index in [4.69, 9.17) is 23.2 Å². The van der Waals surface area contributed by atoms with E-state index < -0.39 is 45.6 Å². The van der Waals surface area contributed by atoms with Crippen molar-refractivity contribution in [2.24, 2.45) is 0 Å². The topological polar surface area (TPSA) is 195 Å². The normalized spacial score (nSPS) is 12.5. The minimum atomic E-state index is -4.58. The third kappa shape index (κ3) is 11.4. The van der Waals surface area contributed by atoms with Gasteiger partial charge in [0, 0.05) is 24.5 Å². The maximum atomic E-state index is 13.1. The summed E-state index contributed by atoms with van der Waals surface area (Å²) in [7, 11) is 0. The Morgan fingerprint density at radius 2 is 0.956 bits per heavy atom. The van der Waals surface area contributed by atoms with Crippen molar-refractivity contribution >= 4 is 80.1 Å². The van der Waals surface area contributed by atoms with E-state index >= 15 is 0 Å². The van der Waals surface area contributed by atoms with Gasteiger partial charge >= 0.3 is 12.4 Å². The molecule has 24 heteroatoms. The summed E-state index contributed by atoms with van der Waals surface area (Å²) >= 11 is 11.3. The fraction of sp³-hybridized carbons (Fsp3) is 0.227. The Hall–Kier alpha value is -7.46. The lowest BCUT2D eigenvalue weighted by Crippen LogP contribution is -2.28. The zero-order chi connectivity index (χ0) is 48.9. The lowest BCUT2D eigenvalue weighted by Gasteiger charge is -2.14. The molecule has 0 saturated carbocycles. The zero-order valence-corrected chi connectivity index (χ0v) is 37.6. The molecule has 8 aromatic rings. The van der Waals surface area contributed by atoms with Crippen LogP contribution in [-0.4, -0.2) is 60.8 Å². The number of carbonyl (C=O) groups is 2. The number of imidazole rings is 2. The van der Waals surface area contributed by atoms with E-state index in [1.807, 2.05) is 23.0 Å². The largest absolute Gasteiger partial charge is 0.417 e. The summed E-state index contributed by atoms with van der Waals surface area (Å²) < 4.78 is 82.1. The van der Waals surface area contributed by atoms with Gasteiger partial charge in [0.2, 0.25) is 0 Å². The highest BCUT2D eigenvalue weighted by atomic mass is 35.5. The number of nitrogens with one attached hydrogen (secondary N) is 4. The molecule has 2 atom stereocenters. The third-order valence-corrected chi connectivity index (χ3v) is 10.8. The van der Waals surface area contributed by atoms with Crippen molar-refractivity contribution in [1.82, 2.24) is 59.6 Å². The molecule has 352 valence electrons. The Morgan fingerprint density at radius 1 is 0.559 bits per heavy atom. The molecule has 68 heavy (non-hydrogen) atoms. The van der Waals surface area contributed by atoms with Crippen molar-refractivity contribution in [1.29, 1.82) is 0 Å². The molecule has 2 amide bonds. The van der Waals surface area contributed by atoms with Gasteiger partial charge in [-0.3, -0.25) is 19.6 Å². The molecule has 0 aliphatic carbocycles. The van der Waals surface area contributed by atoms with Gasteiger partial charge in [-0.15, -0.1) is 0 Å². The summed E-state index contributed by atoms with van der Waals surface area (Å²) in [6.07, 6.45) is 2.90. The van der Waals surface area contributed by atoms with Crippen molar-refractivity contribution in [3.63, 3.8) is 0 Å². The highest BCUT2D eigenvalue weighted by Crippen LogP contribution is 2.38. The highest BCUT2D eigenvalue weighted by molar-refractivity contribution is 6.31. The number of nitrogens with zero attached hydrogens (tertiary/aromatic N) is 10. The van der Waals surface area contributed by atoms with E-state index in [0.717, 1.165) is 35.3 Å². The molecule has 16 nitrogen and oxygen atoms in total. The van der Waals surface area contributed by atoms with Gasteiger partial charge in [-0.1, -0.05) is 23.2 Å². The molecule has 0 bridgehead atoms. The average Bonchev–Trinajstić information content (AvgIpc) is 3.93. The molecule has 0 fully saturated rings. The van der Waals surface area contributed by atoms with E-state index in [9.17, 15) is 35.9 Å². The molecular weight excluding hydrogens is 941 g/mol. The average molecular weight is 980 g/mol. The first-order valence-corrected chi connectivity index (χ1v) is 21.2. The second-order valence-corrected chi connectivity index (χ2v) is 15.7. The lowest BCUT2D eigenvalue weighted by atomic mass is 10.2. The van der Waals surface area contributed by atoms with Gasteiger partial charge in [0.15, 0.2) is 0 Å². The number of fused-ring (bicyclic) bond motifs is 2. The van der Waals surface area contributed by atoms with Crippen LogP contribution in [0.1, 0.15) is 83.3 Å². The predicted molar refractivity (Wildman–Crippen MR) is 242 cm³/mol. The predicted octanol–water partition coefficient (Wildman–Crippen LogP) is 10.3. The van der Waals surface area contributed by atoms with Gasteiger partial charge in [0.1, 0.15) is 34.1 Å². The summed E-state index contributed by atoms with van der Waals surface area (Å²) in [6.45, 7) is 8.84. The van der Waals surface area contributed by atoms with Gasteiger partial charge in [0.25, 0.3) is 11.8 Å². The van der Waals surface area contributed by atoms with E-state index in [1.54, 1.807) is 51.0 Å². The van der Waals surface area contributed by atoms with Crippen LogP contribution in [0.15, 0.2) is 98.4 Å². The monoisotopic (exact) mass is 978 g/mol. The molecule has 8 rings (SSSR count). The molecule has 0 radical (unpaired) electrons. The number of aryl methyl sites for hydroxylation is 2. The standard InChI is InChI=1S/2C22H19ClF3N7O/c2*1-3-33-11-30-18-9-27-16(7-19(18)33)21(34)31-12(2)17-8-29-20(10-28-17)32-13-4-5-15(23)14(6-13)22(24,25)26/h2*4-12H,3H2,1-2H3,(H,29,32)(H,31,34)/t2*12-/m10/s1. The Kier molecular flexibility index (Phi) is 14.4. The van der Waals surface area contributed by atoms with Crippen LogP contribution < -0.4 is 21.3 Å². The van der Waals surface area contributed by atoms with Gasteiger partial charge in [0.05, 0.1) is 106 Å². The molecular formula is C44H38Cl2F6N14O2. The van der Waals surface area contributed by atoms with Crippen LogP contribution in [0.25, 0.3) is 22.1 Å². The Morgan fingerprint density at radius 3 is 1.29 bits per heavy atom. The lowest BCUT2D eigenvalue weighted by molar-refractivity contribution is -0.138. The van der Waals surface area contributed by atoms with Gasteiger partial charge < -0.3 is 30.4 Å². The summed E-state index contributed by atoms with van der Waals surface area (Å²) in [5, 5.41) is 10.4. The number of hydrogen-bond acceptors (Lipinski definition) is 12. The summed E-state index contributed by atoms with van der Waals surface area (Å²) in [5.74, 6) is -0.304. The molecule has 4 N–H and O–H groups in total. The molecule has 0 aliphatic rings. The number of carbonyl (C=O) groups excluding carboxylic acids is 2. The SMILES string of the molecule is CCn1cnc2cnc(C(=O)N[C@@H](C)c3cnc(Nc4ccc(Cl)c(C(F)(F)F)c4)cn3)cc21.CCn1cnc2cnc(C(=O)N[C@H](C)c3cnc(Nc4ccc(Cl)c(C(F)(F)F)c4)cn3)cc21. The second kappa shape index (κ2) is 20.2. The Balaban J connectivity index is 0.000000201. The molecule has 0 unspecified atom stereocenters. The smallest absolute Gasteiger partial charge is 0.343 e. The minimum Gasteiger partial charge on any atom is -0.343 e. The molecule has 0 spiro atoms. The molecule has 6 heterocycles. The van der Waals surface area contributed by atoms with Gasteiger partial charge in [-0.05, 0) is 76.2 Å². The first-order valence-electron chi connectivity index (χ1n) is 20.5. The summed E-state index contributed by atoms with van der Waals surface area (Å²) in [5.41, 5.74) is 2.84. The van der Waals surface area contributed by atoms with E-state index in [2.05, 4.69) is 61.1 Å². The van der Waals surface area contributed by atoms with Crippen LogP contribution in [0.2, 0.25) is 10.0 Å². The van der Waals surface area contributed by atoms with Crippen LogP contribution in [-0.2, 0) is 25.4 Å². The van der Waals surface area contributed by atoms with Crippen molar-refractivity contribution < 1.29 is 35.9 Å². The number of pyridine rings is 2. The zero-order valence-electron chi connectivity index (χ0n) is 36.1. The van der Waals surface area contributed by atoms with Crippen LogP contribution >= 0.6 is 23.2 Å². The number of anilines is 4. The molecule has 2 aromatic carbocycles. The number of alkyl halides is 6. The molecule has 6 aromatic heterocycles. The van der Waals surface area contributed by atoms with E-state index in [0.29, 0.717) is 35.5 Å². The number of aromatic nitrogens is 10. The van der Waals surface area contributed by atoms with Crippen molar-refractivity contribution in [2.75, 3.05) is 10.6 Å². The first kappa shape index (κ1) is 48.5. The van der Waals surface area contributed by atoms with Crippen molar-refractivity contribution in [2.45, 2.75) is 65.2 Å². The second-order valence-electron chi connectivity index (χ2n) is 14.9. The fourth-order valence-corrected chi connectivity index (χ4v) is 7.00. The minimum absolute atomic E-state index is 0.160. The summed E-state index contributed by atoms with van der Waals surface area (Å²) in [6, 6.07) is 9.29. The van der Waals surface area contributed by atoms with Crippen LogP contribution in [0.4, 0.5) is 49.4 Å². The quantitative estimate of drug-likeness (QED) is 0.0848. The van der Waals surface area contributed by atoms with Crippen LogP contribution in [0, 0.1) is 0 Å². The van der Waals surface area contributed by atoms with Crippen LogP contribution in [0.5, 0.6) is 0 Å². The highest BCUT2D eigenvalue weighted by Gasteiger charge is 2.34. The number of rotatable bonds is 12. The van der Waals surface area contributed by atoms with Crippen molar-refractivity contribution in [3.8, 4) is 0 Å². The molecule has 0 saturated heterocycles. The van der Waals surface area contributed by atoms with Crippen molar-refractivity contribution in [3.05, 3.63) is 142 Å². The fourth-order valence-electron chi connectivity index (χ4n) is 6.55. The van der Waals surface area contributed by atoms with Gasteiger partial charge in [-0.25, -0.2) is 29.9 Å². The maximum Gasteiger partial charge on any atom is 0.417 e. The Bertz CT molecular complexity index is 2880. The number of amides is 2. The summed E-state index contributed by atoms with van der Waals surface area (Å²) in [4.78, 5) is 59.0. The number of halogens is 8.